The molecule has 0 radical (unpaired) electrons. The number of fused-ring (bicyclic) bond motifs is 9. The van der Waals surface area contributed by atoms with Gasteiger partial charge in [0.1, 0.15) is 5.60 Å². The first-order chi connectivity index (χ1) is 23.6. The Morgan fingerprint density at radius 2 is 1.17 bits per heavy atom. The molecule has 1 heterocycles. The third kappa shape index (κ3) is 3.13. The lowest BCUT2D eigenvalue weighted by molar-refractivity contribution is -0.0871. The number of methoxy groups -OCH3 is 1. The SMILES string of the molecule is COC12CCCCC1(C)N(c1ccccc1)c1ccc(-c3ccc4c5cc6c(cc5c5cccc3c54)c3cccc4cccc6c43)cc12. The van der Waals surface area contributed by atoms with Gasteiger partial charge in [0.2, 0.25) is 0 Å². The fraction of sp³-hybridized carbons (Fsp3) is 0.174. The molecule has 2 atom stereocenters. The summed E-state index contributed by atoms with van der Waals surface area (Å²) in [6.07, 6.45) is 4.52. The minimum Gasteiger partial charge on any atom is -0.371 e. The highest BCUT2D eigenvalue weighted by molar-refractivity contribution is 6.38. The highest BCUT2D eigenvalue weighted by Gasteiger charge is 2.61. The molecule has 230 valence electrons. The summed E-state index contributed by atoms with van der Waals surface area (Å²) >= 11 is 0. The lowest BCUT2D eigenvalue weighted by atomic mass is 9.68. The van der Waals surface area contributed by atoms with Gasteiger partial charge in [-0.05, 0) is 132 Å². The quantitative estimate of drug-likeness (QED) is 0.196. The fourth-order valence-corrected chi connectivity index (χ4v) is 10.3. The molecule has 1 fully saturated rings. The lowest BCUT2D eigenvalue weighted by Crippen LogP contribution is -2.57. The second kappa shape index (κ2) is 9.24. The molecule has 1 saturated carbocycles. The van der Waals surface area contributed by atoms with E-state index in [0.29, 0.717) is 0 Å². The van der Waals surface area contributed by atoms with Crippen LogP contribution in [0.3, 0.4) is 0 Å². The van der Waals surface area contributed by atoms with Crippen LogP contribution >= 0.6 is 0 Å². The van der Waals surface area contributed by atoms with Crippen molar-refractivity contribution in [3.63, 3.8) is 0 Å². The zero-order valence-corrected chi connectivity index (χ0v) is 27.3. The number of benzene rings is 7. The molecule has 9 aromatic carbocycles. The highest BCUT2D eigenvalue weighted by Crippen LogP contribution is 2.62. The van der Waals surface area contributed by atoms with E-state index in [9.17, 15) is 0 Å². The van der Waals surface area contributed by atoms with E-state index in [4.69, 9.17) is 4.74 Å². The molecule has 1 aliphatic carbocycles. The molecule has 0 amide bonds. The molecule has 0 N–H and O–H groups in total. The van der Waals surface area contributed by atoms with Crippen LogP contribution in [-0.4, -0.2) is 12.6 Å². The van der Waals surface area contributed by atoms with Crippen molar-refractivity contribution in [2.45, 2.75) is 43.7 Å². The Morgan fingerprint density at radius 3 is 1.88 bits per heavy atom. The van der Waals surface area contributed by atoms with Gasteiger partial charge in [-0.3, -0.25) is 0 Å². The largest absolute Gasteiger partial charge is 0.371 e. The average Bonchev–Trinajstić information content (AvgIpc) is 3.71. The first kappa shape index (κ1) is 26.8. The molecule has 2 unspecified atom stereocenters. The van der Waals surface area contributed by atoms with Gasteiger partial charge in [-0.15, -0.1) is 0 Å². The number of nitrogens with zero attached hydrogens (tertiary/aromatic N) is 1. The summed E-state index contributed by atoms with van der Waals surface area (Å²) in [7, 11) is 1.93. The summed E-state index contributed by atoms with van der Waals surface area (Å²) < 4.78 is 6.70. The van der Waals surface area contributed by atoms with Gasteiger partial charge < -0.3 is 9.64 Å². The maximum atomic E-state index is 6.70. The maximum absolute atomic E-state index is 6.70. The average molecular weight is 618 g/mol. The van der Waals surface area contributed by atoms with Gasteiger partial charge in [0, 0.05) is 24.0 Å². The van der Waals surface area contributed by atoms with E-state index in [1.54, 1.807) is 0 Å². The fourth-order valence-electron chi connectivity index (χ4n) is 10.3. The predicted molar refractivity (Wildman–Crippen MR) is 203 cm³/mol. The van der Waals surface area contributed by atoms with E-state index in [0.717, 1.165) is 12.8 Å². The van der Waals surface area contributed by atoms with E-state index in [2.05, 4.69) is 139 Å². The summed E-state index contributed by atoms with van der Waals surface area (Å²) in [6, 6.07) is 48.1. The number of rotatable bonds is 3. The molecule has 2 aliphatic rings. The summed E-state index contributed by atoms with van der Waals surface area (Å²) in [5.74, 6) is 0. The van der Waals surface area contributed by atoms with Gasteiger partial charge in [-0.2, -0.15) is 0 Å². The van der Waals surface area contributed by atoms with Crippen molar-refractivity contribution in [2.75, 3.05) is 12.0 Å². The molecule has 0 bridgehead atoms. The maximum Gasteiger partial charge on any atom is 0.118 e. The normalized spacial score (nSPS) is 21.0. The van der Waals surface area contributed by atoms with Crippen LogP contribution in [0.4, 0.5) is 11.4 Å². The molecule has 2 nitrogen and oxygen atoms in total. The molecule has 0 saturated heterocycles. The van der Waals surface area contributed by atoms with Crippen molar-refractivity contribution in [1.29, 1.82) is 0 Å². The topological polar surface area (TPSA) is 12.5 Å². The van der Waals surface area contributed by atoms with Crippen LogP contribution in [-0.2, 0) is 10.3 Å². The number of para-hydroxylation sites is 1. The molecule has 1 aliphatic heterocycles. The van der Waals surface area contributed by atoms with Crippen LogP contribution in [0, 0.1) is 0 Å². The first-order valence-corrected chi connectivity index (χ1v) is 17.4. The number of anilines is 2. The van der Waals surface area contributed by atoms with Crippen LogP contribution in [0.25, 0.3) is 75.8 Å². The van der Waals surface area contributed by atoms with E-state index in [1.807, 2.05) is 7.11 Å². The van der Waals surface area contributed by atoms with Crippen molar-refractivity contribution in [2.24, 2.45) is 0 Å². The molecule has 11 rings (SSSR count). The van der Waals surface area contributed by atoms with Crippen LogP contribution < -0.4 is 4.90 Å². The molecular weight excluding hydrogens is 583 g/mol. The molecular formula is C46H35NO. The van der Waals surface area contributed by atoms with Crippen molar-refractivity contribution in [3.05, 3.63) is 133 Å². The summed E-state index contributed by atoms with van der Waals surface area (Å²) in [5, 5.41) is 16.2. The summed E-state index contributed by atoms with van der Waals surface area (Å²) in [6.45, 7) is 2.43. The van der Waals surface area contributed by atoms with Crippen LogP contribution in [0.5, 0.6) is 0 Å². The molecule has 48 heavy (non-hydrogen) atoms. The number of ether oxygens (including phenoxy) is 1. The first-order valence-electron chi connectivity index (χ1n) is 17.4. The number of hydrogen-bond donors (Lipinski definition) is 0. The van der Waals surface area contributed by atoms with Crippen molar-refractivity contribution in [1.82, 2.24) is 0 Å². The van der Waals surface area contributed by atoms with Gasteiger partial charge in [-0.1, -0.05) is 104 Å². The van der Waals surface area contributed by atoms with E-state index in [-0.39, 0.29) is 11.1 Å². The third-order valence-corrected chi connectivity index (χ3v) is 12.4. The zero-order chi connectivity index (χ0) is 31.8. The highest BCUT2D eigenvalue weighted by atomic mass is 16.5. The minimum atomic E-state index is -0.364. The van der Waals surface area contributed by atoms with Crippen molar-refractivity contribution < 1.29 is 4.74 Å². The third-order valence-electron chi connectivity index (χ3n) is 12.4. The predicted octanol–water partition coefficient (Wildman–Crippen LogP) is 12.5. The monoisotopic (exact) mass is 617 g/mol. The Morgan fingerprint density at radius 1 is 0.542 bits per heavy atom. The summed E-state index contributed by atoms with van der Waals surface area (Å²) in [5.41, 5.74) is 5.87. The molecule has 0 spiro atoms. The Hall–Kier alpha value is -5.18. The van der Waals surface area contributed by atoms with Crippen molar-refractivity contribution in [3.8, 4) is 11.1 Å². The second-order valence-corrected chi connectivity index (χ2v) is 14.5. The lowest BCUT2D eigenvalue weighted by Gasteiger charge is -2.50. The van der Waals surface area contributed by atoms with Crippen LogP contribution in [0.1, 0.15) is 38.2 Å². The van der Waals surface area contributed by atoms with E-state index < -0.39 is 0 Å². The standard InChI is InChI=1S/C46H35NO/c1-45-23-6-7-24-46(45,48-2)41-25-29(19-22-42(41)47(45)30-13-4-3-5-14-30)31-20-21-36-40-27-38-34-16-9-12-28-11-8-15-33(43(28)34)37(38)26-39(40)35-18-10-17-32(31)44(35)36/h3-5,8-22,25-27H,6-7,23-24H2,1-2H3. The Labute approximate surface area is 279 Å². The van der Waals surface area contributed by atoms with Gasteiger partial charge in [0.25, 0.3) is 0 Å². The smallest absolute Gasteiger partial charge is 0.118 e. The Balaban J connectivity index is 1.15. The van der Waals surface area contributed by atoms with Crippen LogP contribution in [0.15, 0.2) is 127 Å². The Kier molecular flexibility index (Phi) is 5.17. The minimum absolute atomic E-state index is 0.157. The Bertz CT molecular complexity index is 2660. The zero-order valence-electron chi connectivity index (χ0n) is 27.3. The molecule has 9 aromatic rings. The summed E-state index contributed by atoms with van der Waals surface area (Å²) in [4.78, 5) is 2.58. The molecule has 0 aromatic heterocycles. The number of hydrogen-bond acceptors (Lipinski definition) is 2. The second-order valence-electron chi connectivity index (χ2n) is 14.5. The van der Waals surface area contributed by atoms with E-state index in [1.165, 1.54) is 106 Å². The van der Waals surface area contributed by atoms with Gasteiger partial charge in [0.05, 0.1) is 5.54 Å². The van der Waals surface area contributed by atoms with Gasteiger partial charge >= 0.3 is 0 Å². The van der Waals surface area contributed by atoms with Crippen molar-refractivity contribution >= 4 is 76.0 Å². The van der Waals surface area contributed by atoms with Gasteiger partial charge in [0.15, 0.2) is 0 Å². The van der Waals surface area contributed by atoms with Crippen LogP contribution in [0.2, 0.25) is 0 Å². The molecule has 2 heteroatoms. The van der Waals surface area contributed by atoms with Gasteiger partial charge in [-0.25, -0.2) is 0 Å². The van der Waals surface area contributed by atoms with E-state index >= 15 is 0 Å².